The molecule has 0 fully saturated rings. The fourth-order valence-corrected chi connectivity index (χ4v) is 4.55. The highest BCUT2D eigenvalue weighted by Gasteiger charge is 2.38. The summed E-state index contributed by atoms with van der Waals surface area (Å²) in [6, 6.07) is 22.8. The first-order chi connectivity index (χ1) is 14.7. The number of aromatic nitrogens is 2. The first-order valence-electron chi connectivity index (χ1n) is 10.1. The van der Waals surface area contributed by atoms with Gasteiger partial charge in [-0.2, -0.15) is 0 Å². The van der Waals surface area contributed by atoms with Crippen LogP contribution in [0.4, 0.5) is 22.9 Å². The van der Waals surface area contributed by atoms with Gasteiger partial charge < -0.3 is 9.32 Å². The Morgan fingerprint density at radius 1 is 0.800 bits per heavy atom. The van der Waals surface area contributed by atoms with Crippen molar-refractivity contribution in [2.75, 3.05) is 9.80 Å². The van der Waals surface area contributed by atoms with Crippen molar-refractivity contribution in [3.63, 3.8) is 0 Å². The maximum absolute atomic E-state index is 6.28. The van der Waals surface area contributed by atoms with Gasteiger partial charge in [0.2, 0.25) is 5.71 Å². The van der Waals surface area contributed by atoms with Gasteiger partial charge in [-0.1, -0.05) is 30.3 Å². The van der Waals surface area contributed by atoms with Crippen molar-refractivity contribution in [3.8, 4) is 0 Å². The molecule has 146 valence electrons. The number of furan rings is 1. The number of nitrogens with zero attached hydrogens (tertiary/aromatic N) is 4. The van der Waals surface area contributed by atoms with Gasteiger partial charge in [0.15, 0.2) is 11.4 Å². The minimum Gasteiger partial charge on any atom is -0.435 e. The van der Waals surface area contributed by atoms with Crippen LogP contribution in [0, 0.1) is 6.92 Å². The summed E-state index contributed by atoms with van der Waals surface area (Å²) in [6.45, 7) is 4.32. The highest BCUT2D eigenvalue weighted by molar-refractivity contribution is 6.09. The molecule has 2 aromatic carbocycles. The number of benzene rings is 2. The molecule has 0 aliphatic carbocycles. The summed E-state index contributed by atoms with van der Waals surface area (Å²) in [4.78, 5) is 13.8. The number of fused-ring (bicyclic) bond motifs is 4. The van der Waals surface area contributed by atoms with Crippen LogP contribution in [0.3, 0.4) is 0 Å². The number of anilines is 4. The van der Waals surface area contributed by atoms with Gasteiger partial charge in [0.05, 0.1) is 11.4 Å². The van der Waals surface area contributed by atoms with Gasteiger partial charge in [0, 0.05) is 28.9 Å². The molecule has 0 saturated heterocycles. The van der Waals surface area contributed by atoms with Crippen molar-refractivity contribution in [1.29, 1.82) is 0 Å². The lowest BCUT2D eigenvalue weighted by Gasteiger charge is -2.30. The molecule has 30 heavy (non-hydrogen) atoms. The minimum absolute atomic E-state index is 0.0303. The van der Waals surface area contributed by atoms with Crippen molar-refractivity contribution in [1.82, 2.24) is 9.97 Å². The van der Waals surface area contributed by atoms with Crippen LogP contribution in [0.25, 0.3) is 22.1 Å². The summed E-state index contributed by atoms with van der Waals surface area (Å²) < 4.78 is 6.28. The molecule has 5 nitrogen and oxygen atoms in total. The first kappa shape index (κ1) is 17.0. The van der Waals surface area contributed by atoms with Crippen LogP contribution >= 0.6 is 0 Å². The van der Waals surface area contributed by atoms with Gasteiger partial charge in [-0.3, -0.25) is 4.90 Å². The van der Waals surface area contributed by atoms with Crippen LogP contribution < -0.4 is 9.80 Å². The van der Waals surface area contributed by atoms with Crippen molar-refractivity contribution in [2.45, 2.75) is 20.0 Å². The third-order valence-corrected chi connectivity index (χ3v) is 5.87. The molecule has 0 amide bonds. The minimum atomic E-state index is 0.0303. The molecule has 1 atom stereocenters. The van der Waals surface area contributed by atoms with E-state index in [4.69, 9.17) is 9.40 Å². The Bertz CT molecular complexity index is 1390. The molecule has 0 saturated carbocycles. The Balaban J connectivity index is 1.63. The molecule has 4 heterocycles. The second-order valence-corrected chi connectivity index (χ2v) is 7.62. The Morgan fingerprint density at radius 3 is 2.47 bits per heavy atom. The molecular formula is C25H20N4O. The Labute approximate surface area is 174 Å². The Kier molecular flexibility index (Phi) is 3.59. The zero-order valence-electron chi connectivity index (χ0n) is 16.8. The van der Waals surface area contributed by atoms with E-state index in [-0.39, 0.29) is 6.17 Å². The quantitative estimate of drug-likeness (QED) is 0.352. The van der Waals surface area contributed by atoms with E-state index < -0.39 is 0 Å². The summed E-state index contributed by atoms with van der Waals surface area (Å²) >= 11 is 0. The van der Waals surface area contributed by atoms with E-state index in [9.17, 15) is 0 Å². The summed E-state index contributed by atoms with van der Waals surface area (Å²) in [5, 5.41) is 2.10. The lowest BCUT2D eigenvalue weighted by atomic mass is 10.1. The molecule has 6 rings (SSSR count). The number of hydrogen-bond acceptors (Lipinski definition) is 5. The predicted octanol–water partition coefficient (Wildman–Crippen LogP) is 6.32. The molecule has 0 N–H and O–H groups in total. The molecule has 5 aromatic rings. The van der Waals surface area contributed by atoms with E-state index in [1.807, 2.05) is 24.4 Å². The van der Waals surface area contributed by atoms with E-state index in [0.29, 0.717) is 5.71 Å². The Morgan fingerprint density at radius 2 is 1.60 bits per heavy atom. The maximum atomic E-state index is 6.28. The lowest BCUT2D eigenvalue weighted by molar-refractivity contribution is 0.649. The average Bonchev–Trinajstić information content (AvgIpc) is 3.29. The molecule has 1 aliphatic heterocycles. The SMILES string of the molecule is Cc1ccc2c(oc3ncccc32)c1N1c2ncccc2N(c2ccccc2)[C@@H]1C. The summed E-state index contributed by atoms with van der Waals surface area (Å²) in [5.41, 5.74) is 5.91. The molecule has 0 unspecified atom stereocenters. The standard InChI is InChI=1S/C25H20N4O/c1-16-12-13-19-20-10-6-15-27-25(20)30-23(19)22(16)29-17(2)28(18-8-4-3-5-9-18)21-11-7-14-26-24(21)29/h3-15,17H,1-2H3/t17-/m0/s1. The normalized spacial score (nSPS) is 15.9. The number of pyridine rings is 2. The fourth-order valence-electron chi connectivity index (χ4n) is 4.55. The van der Waals surface area contributed by atoms with Crippen molar-refractivity contribution in [2.24, 2.45) is 0 Å². The maximum Gasteiger partial charge on any atom is 0.227 e. The third-order valence-electron chi connectivity index (χ3n) is 5.87. The molecule has 0 spiro atoms. The van der Waals surface area contributed by atoms with Crippen molar-refractivity contribution < 1.29 is 4.42 Å². The highest BCUT2D eigenvalue weighted by Crippen LogP contribution is 2.49. The van der Waals surface area contributed by atoms with Crippen LogP contribution in [0.2, 0.25) is 0 Å². The van der Waals surface area contributed by atoms with E-state index in [2.05, 4.69) is 77.2 Å². The molecule has 1 aliphatic rings. The van der Waals surface area contributed by atoms with Crippen molar-refractivity contribution in [3.05, 3.63) is 84.7 Å². The molecule has 5 heteroatoms. The third kappa shape index (κ3) is 2.29. The predicted molar refractivity (Wildman–Crippen MR) is 121 cm³/mol. The van der Waals surface area contributed by atoms with Crippen LogP contribution in [-0.4, -0.2) is 16.1 Å². The van der Waals surface area contributed by atoms with Gasteiger partial charge in [0.1, 0.15) is 6.17 Å². The van der Waals surface area contributed by atoms with Gasteiger partial charge in [-0.15, -0.1) is 0 Å². The smallest absolute Gasteiger partial charge is 0.227 e. The zero-order valence-corrected chi connectivity index (χ0v) is 16.8. The molecule has 0 bridgehead atoms. The number of rotatable bonds is 2. The van der Waals surface area contributed by atoms with Gasteiger partial charge in [-0.25, -0.2) is 9.97 Å². The van der Waals surface area contributed by atoms with Gasteiger partial charge in [0.25, 0.3) is 0 Å². The lowest BCUT2D eigenvalue weighted by Crippen LogP contribution is -2.35. The highest BCUT2D eigenvalue weighted by atomic mass is 16.3. The Hall–Kier alpha value is -3.86. The van der Waals surface area contributed by atoms with E-state index in [1.165, 1.54) is 0 Å². The van der Waals surface area contributed by atoms with E-state index in [0.717, 1.165) is 44.8 Å². The van der Waals surface area contributed by atoms with Crippen LogP contribution in [0.15, 0.2) is 83.5 Å². The van der Waals surface area contributed by atoms with E-state index >= 15 is 0 Å². The van der Waals surface area contributed by atoms with Gasteiger partial charge >= 0.3 is 0 Å². The average molecular weight is 392 g/mol. The topological polar surface area (TPSA) is 45.4 Å². The summed E-state index contributed by atoms with van der Waals surface area (Å²) in [5.74, 6) is 0.929. The number of hydrogen-bond donors (Lipinski definition) is 0. The van der Waals surface area contributed by atoms with Crippen LogP contribution in [0.5, 0.6) is 0 Å². The number of para-hydroxylation sites is 1. The zero-order chi connectivity index (χ0) is 20.2. The molecule has 3 aromatic heterocycles. The second kappa shape index (κ2) is 6.32. The fraction of sp³-hybridized carbons (Fsp3) is 0.120. The summed E-state index contributed by atoms with van der Waals surface area (Å²) in [6.07, 6.45) is 3.65. The largest absolute Gasteiger partial charge is 0.435 e. The molecular weight excluding hydrogens is 372 g/mol. The molecule has 0 radical (unpaired) electrons. The van der Waals surface area contributed by atoms with E-state index in [1.54, 1.807) is 6.20 Å². The van der Waals surface area contributed by atoms with Crippen LogP contribution in [-0.2, 0) is 0 Å². The summed E-state index contributed by atoms with van der Waals surface area (Å²) in [7, 11) is 0. The van der Waals surface area contributed by atoms with Gasteiger partial charge in [-0.05, 0) is 55.8 Å². The van der Waals surface area contributed by atoms with Crippen molar-refractivity contribution >= 4 is 44.9 Å². The monoisotopic (exact) mass is 392 g/mol. The van der Waals surface area contributed by atoms with Crippen LogP contribution in [0.1, 0.15) is 12.5 Å². The first-order valence-corrected chi connectivity index (χ1v) is 10.1. The number of aryl methyl sites for hydroxylation is 1. The second-order valence-electron chi connectivity index (χ2n) is 7.62.